The monoisotopic (exact) mass is 298 g/mol. The van der Waals surface area contributed by atoms with Gasteiger partial charge in [-0.1, -0.05) is 0 Å². The Balaban J connectivity index is 1.82. The molecule has 92 valence electrons. The van der Waals surface area contributed by atoms with E-state index in [1.54, 1.807) is 7.11 Å². The summed E-state index contributed by atoms with van der Waals surface area (Å²) in [5, 5.41) is 1.13. The molecule has 0 N–H and O–H groups in total. The Morgan fingerprint density at radius 1 is 1.35 bits per heavy atom. The number of hydrogen-bond donors (Lipinski definition) is 0. The van der Waals surface area contributed by atoms with E-state index in [1.807, 2.05) is 12.1 Å². The number of rotatable bonds is 4. The number of methoxy groups -OCH3 is 1. The predicted octanol–water partition coefficient (Wildman–Crippen LogP) is 2.83. The fraction of sp³-hybridized carbons (Fsp3) is 0.500. The average Bonchev–Trinajstić information content (AvgIpc) is 2.37. The van der Waals surface area contributed by atoms with Crippen LogP contribution >= 0.6 is 0 Å². The van der Waals surface area contributed by atoms with Crippen LogP contribution in [-0.4, -0.2) is 27.8 Å². The van der Waals surface area contributed by atoms with Gasteiger partial charge in [0.15, 0.2) is 0 Å². The summed E-state index contributed by atoms with van der Waals surface area (Å²) in [5.74, 6) is 1.38. The molecule has 0 aliphatic heterocycles. The van der Waals surface area contributed by atoms with Crippen LogP contribution in [0.25, 0.3) is 0 Å². The molecule has 0 amide bonds. The topological polar surface area (TPSA) is 26.3 Å². The van der Waals surface area contributed by atoms with Crippen molar-refractivity contribution in [2.45, 2.75) is 35.8 Å². The first-order valence-electron chi connectivity index (χ1n) is 6.04. The van der Waals surface area contributed by atoms with Crippen molar-refractivity contribution in [2.24, 2.45) is 0 Å². The molecule has 17 heavy (non-hydrogen) atoms. The van der Waals surface area contributed by atoms with Crippen molar-refractivity contribution in [2.75, 3.05) is 7.11 Å². The van der Waals surface area contributed by atoms with E-state index in [0.717, 1.165) is 30.3 Å². The zero-order valence-electron chi connectivity index (χ0n) is 10.1. The zero-order chi connectivity index (χ0) is 12.1. The second-order valence-electron chi connectivity index (χ2n) is 4.42. The van der Waals surface area contributed by atoms with Crippen LogP contribution in [0.4, 0.5) is 0 Å². The van der Waals surface area contributed by atoms with E-state index in [2.05, 4.69) is 12.1 Å². The van der Waals surface area contributed by atoms with Gasteiger partial charge in [-0.25, -0.2) is 0 Å². The second-order valence-corrected chi connectivity index (χ2v) is 7.12. The maximum atomic E-state index is 11.4. The third-order valence-corrected chi connectivity index (χ3v) is 5.96. The van der Waals surface area contributed by atoms with Crippen LogP contribution in [0.15, 0.2) is 24.3 Å². The molecule has 0 saturated heterocycles. The molecule has 0 radical (unpaired) electrons. The molecule has 0 spiro atoms. The van der Waals surface area contributed by atoms with Crippen molar-refractivity contribution in [1.29, 1.82) is 0 Å². The van der Waals surface area contributed by atoms with Gasteiger partial charge in [0.25, 0.3) is 0 Å². The van der Waals surface area contributed by atoms with Crippen molar-refractivity contribution in [1.82, 2.24) is 0 Å². The number of benzene rings is 1. The SMILES string of the molecule is COc1ccc(C[Se]C2CCCC(=O)C2)cc1. The molecule has 0 heterocycles. The van der Waals surface area contributed by atoms with E-state index < -0.39 is 0 Å². The van der Waals surface area contributed by atoms with Gasteiger partial charge in [0.05, 0.1) is 0 Å². The summed E-state index contributed by atoms with van der Waals surface area (Å²) in [4.78, 5) is 12.0. The molecule has 0 aromatic heterocycles. The summed E-state index contributed by atoms with van der Waals surface area (Å²) in [5.41, 5.74) is 1.36. The van der Waals surface area contributed by atoms with Crippen LogP contribution in [0, 0.1) is 0 Å². The Morgan fingerprint density at radius 3 is 2.76 bits per heavy atom. The van der Waals surface area contributed by atoms with Gasteiger partial charge in [0.2, 0.25) is 0 Å². The molecular weight excluding hydrogens is 279 g/mol. The molecule has 1 unspecified atom stereocenters. The average molecular weight is 297 g/mol. The number of hydrogen-bond acceptors (Lipinski definition) is 2. The summed E-state index contributed by atoms with van der Waals surface area (Å²) >= 11 is 0.560. The number of Topliss-reactive ketones (excluding diaryl/α,β-unsaturated/α-hetero) is 1. The van der Waals surface area contributed by atoms with E-state index in [4.69, 9.17) is 4.74 Å². The first kappa shape index (κ1) is 12.7. The van der Waals surface area contributed by atoms with Crippen LogP contribution < -0.4 is 4.74 Å². The Hall–Kier alpha value is -0.791. The first-order chi connectivity index (χ1) is 8.28. The molecule has 1 fully saturated rings. The molecule has 1 aliphatic carbocycles. The molecule has 1 aliphatic rings. The zero-order valence-corrected chi connectivity index (χ0v) is 11.9. The minimum absolute atomic E-state index is 0.470. The van der Waals surface area contributed by atoms with Gasteiger partial charge in [-0.2, -0.15) is 0 Å². The van der Waals surface area contributed by atoms with Gasteiger partial charge in [-0.15, -0.1) is 0 Å². The fourth-order valence-electron chi connectivity index (χ4n) is 2.06. The van der Waals surface area contributed by atoms with Gasteiger partial charge in [-0.3, -0.25) is 0 Å². The van der Waals surface area contributed by atoms with Crippen molar-refractivity contribution >= 4 is 20.7 Å². The molecule has 0 bridgehead atoms. The number of carbonyl (C=O) groups excluding carboxylic acids is 1. The summed E-state index contributed by atoms with van der Waals surface area (Å²) in [7, 11) is 1.69. The Labute approximate surface area is 109 Å². The van der Waals surface area contributed by atoms with Crippen LogP contribution in [0.1, 0.15) is 31.2 Å². The van der Waals surface area contributed by atoms with Crippen molar-refractivity contribution in [3.63, 3.8) is 0 Å². The van der Waals surface area contributed by atoms with E-state index in [-0.39, 0.29) is 0 Å². The molecule has 2 nitrogen and oxygen atoms in total. The second kappa shape index (κ2) is 6.23. The predicted molar refractivity (Wildman–Crippen MR) is 69.7 cm³/mol. The molecule has 1 atom stereocenters. The van der Waals surface area contributed by atoms with Crippen LogP contribution in [0.3, 0.4) is 0 Å². The molecule has 2 rings (SSSR count). The van der Waals surface area contributed by atoms with Crippen LogP contribution in [0.2, 0.25) is 4.82 Å². The minimum atomic E-state index is 0.470. The van der Waals surface area contributed by atoms with E-state index >= 15 is 0 Å². The van der Waals surface area contributed by atoms with Gasteiger partial charge >= 0.3 is 109 Å². The van der Waals surface area contributed by atoms with Crippen LogP contribution in [0.5, 0.6) is 5.75 Å². The van der Waals surface area contributed by atoms with E-state index in [0.29, 0.717) is 25.6 Å². The summed E-state index contributed by atoms with van der Waals surface area (Å²) in [6, 6.07) is 8.28. The Morgan fingerprint density at radius 2 is 2.12 bits per heavy atom. The van der Waals surface area contributed by atoms with Gasteiger partial charge in [0.1, 0.15) is 0 Å². The standard InChI is InChI=1S/C14H18O2Se/c1-16-13-7-5-11(6-8-13)10-17-14-4-2-3-12(15)9-14/h5-8,14H,2-4,9-10H2,1H3. The number of ketones is 1. The summed E-state index contributed by atoms with van der Waals surface area (Å²) < 4.78 is 5.14. The van der Waals surface area contributed by atoms with E-state index in [1.165, 1.54) is 12.0 Å². The van der Waals surface area contributed by atoms with E-state index in [9.17, 15) is 4.79 Å². The van der Waals surface area contributed by atoms with Crippen LogP contribution in [-0.2, 0) is 10.1 Å². The molecular formula is C14H18O2Se. The van der Waals surface area contributed by atoms with Gasteiger partial charge in [-0.05, 0) is 0 Å². The van der Waals surface area contributed by atoms with Gasteiger partial charge in [0, 0.05) is 0 Å². The summed E-state index contributed by atoms with van der Waals surface area (Å²) in [6.07, 6.45) is 4.00. The first-order valence-corrected chi connectivity index (χ1v) is 8.24. The van der Waals surface area contributed by atoms with Crippen molar-refractivity contribution < 1.29 is 9.53 Å². The summed E-state index contributed by atoms with van der Waals surface area (Å²) in [6.45, 7) is 0. The molecule has 1 saturated carbocycles. The fourth-order valence-corrected chi connectivity index (χ4v) is 4.70. The maximum absolute atomic E-state index is 11.4. The Kier molecular flexibility index (Phi) is 4.64. The third kappa shape index (κ3) is 3.86. The normalized spacial score (nSPS) is 20.3. The molecule has 1 aromatic rings. The van der Waals surface area contributed by atoms with Gasteiger partial charge < -0.3 is 0 Å². The number of ether oxygens (including phenoxy) is 1. The molecule has 1 aromatic carbocycles. The quantitative estimate of drug-likeness (QED) is 0.799. The molecule has 3 heteroatoms. The number of carbonyl (C=O) groups is 1. The third-order valence-electron chi connectivity index (χ3n) is 3.08. The van der Waals surface area contributed by atoms with Crippen molar-refractivity contribution in [3.8, 4) is 5.75 Å². The Bertz CT molecular complexity index is 372. The van der Waals surface area contributed by atoms with Crippen molar-refractivity contribution in [3.05, 3.63) is 29.8 Å².